The molecule has 0 aliphatic heterocycles. The number of pyridine rings is 3. The molecular formula is C31H34N6O3. The van der Waals surface area contributed by atoms with Crippen LogP contribution in [0.25, 0.3) is 10.9 Å². The van der Waals surface area contributed by atoms with Crippen molar-refractivity contribution in [3.63, 3.8) is 0 Å². The summed E-state index contributed by atoms with van der Waals surface area (Å²) < 4.78 is 0. The molecule has 3 heterocycles. The lowest BCUT2D eigenvalue weighted by Gasteiger charge is -2.32. The third-order valence-electron chi connectivity index (χ3n) is 7.90. The van der Waals surface area contributed by atoms with Crippen molar-refractivity contribution < 1.29 is 14.7 Å². The van der Waals surface area contributed by atoms with Gasteiger partial charge in [0.15, 0.2) is 11.3 Å². The zero-order valence-corrected chi connectivity index (χ0v) is 22.3. The molecule has 0 spiro atoms. The Balaban J connectivity index is 1.36. The number of benzene rings is 1. The van der Waals surface area contributed by atoms with Crippen LogP contribution in [0.1, 0.15) is 64.5 Å². The number of Topliss-reactive ketones (excluding diaryl/α,β-unsaturated/α-hetero) is 1. The molecule has 0 bridgehead atoms. The number of nitrogens with two attached hydrogens (primary N) is 2. The first-order valence-electron chi connectivity index (χ1n) is 13.6. The van der Waals surface area contributed by atoms with E-state index in [4.69, 9.17) is 11.5 Å². The van der Waals surface area contributed by atoms with Gasteiger partial charge in [-0.25, -0.2) is 4.79 Å². The van der Waals surface area contributed by atoms with Gasteiger partial charge in [-0.1, -0.05) is 30.3 Å². The van der Waals surface area contributed by atoms with Crippen LogP contribution in [0.4, 0.5) is 0 Å². The summed E-state index contributed by atoms with van der Waals surface area (Å²) >= 11 is 0. The summed E-state index contributed by atoms with van der Waals surface area (Å²) in [6, 6.07) is 15.5. The minimum atomic E-state index is -2.29. The second-order valence-electron chi connectivity index (χ2n) is 10.4. The molecule has 3 atom stereocenters. The Labute approximate surface area is 233 Å². The Hall–Kier alpha value is -4.05. The van der Waals surface area contributed by atoms with Crippen LogP contribution in [0.3, 0.4) is 0 Å². The highest BCUT2D eigenvalue weighted by molar-refractivity contribution is 6.21. The molecule has 9 heteroatoms. The molecule has 1 aliphatic carbocycles. The molecule has 40 heavy (non-hydrogen) atoms. The van der Waals surface area contributed by atoms with Crippen molar-refractivity contribution in [2.75, 3.05) is 0 Å². The summed E-state index contributed by atoms with van der Waals surface area (Å²) in [6.45, 7) is 1.05. The van der Waals surface area contributed by atoms with E-state index in [0.29, 0.717) is 30.4 Å². The van der Waals surface area contributed by atoms with Gasteiger partial charge >= 0.3 is 5.97 Å². The summed E-state index contributed by atoms with van der Waals surface area (Å²) in [7, 11) is 0. The number of carbonyl (C=O) groups excluding carboxylic acids is 1. The monoisotopic (exact) mass is 538 g/mol. The van der Waals surface area contributed by atoms with E-state index in [9.17, 15) is 14.7 Å². The van der Waals surface area contributed by atoms with Crippen LogP contribution in [0.15, 0.2) is 73.2 Å². The van der Waals surface area contributed by atoms with Crippen LogP contribution < -0.4 is 16.8 Å². The van der Waals surface area contributed by atoms with Gasteiger partial charge in [-0.3, -0.25) is 19.7 Å². The van der Waals surface area contributed by atoms with Crippen molar-refractivity contribution in [3.8, 4) is 0 Å². The highest BCUT2D eigenvalue weighted by Gasteiger charge is 2.48. The van der Waals surface area contributed by atoms with Crippen LogP contribution in [-0.4, -0.2) is 43.4 Å². The first kappa shape index (κ1) is 27.5. The smallest absolute Gasteiger partial charge is 0.333 e. The molecule has 2 unspecified atom stereocenters. The Bertz CT molecular complexity index is 1510. The largest absolute Gasteiger partial charge is 0.479 e. The van der Waals surface area contributed by atoms with Gasteiger partial charge in [0.1, 0.15) is 0 Å². The molecule has 5 rings (SSSR count). The van der Waals surface area contributed by atoms with Crippen LogP contribution in [0.2, 0.25) is 0 Å². The van der Waals surface area contributed by atoms with Crippen LogP contribution in [-0.2, 0) is 24.3 Å². The molecule has 0 fully saturated rings. The lowest BCUT2D eigenvalue weighted by molar-refractivity contribution is -0.142. The second-order valence-corrected chi connectivity index (χ2v) is 10.4. The number of carboxylic acid groups (broad SMARTS) is 1. The van der Waals surface area contributed by atoms with Crippen molar-refractivity contribution in [1.29, 1.82) is 0 Å². The topological polar surface area (TPSA) is 157 Å². The Kier molecular flexibility index (Phi) is 8.25. The van der Waals surface area contributed by atoms with Crippen molar-refractivity contribution in [3.05, 3.63) is 101 Å². The van der Waals surface area contributed by atoms with Crippen LogP contribution >= 0.6 is 0 Å². The SMILES string of the molecule is NC(CCC1CCCc2cccnc21)[C@@](N)(C(=O)O)C(=O)c1ccc(CNCc2ccccn2)c2ncccc12. The maximum atomic E-state index is 13.9. The number of carbonyl (C=O) groups is 2. The summed E-state index contributed by atoms with van der Waals surface area (Å²) in [5.41, 5.74) is 15.4. The zero-order valence-electron chi connectivity index (χ0n) is 22.3. The number of aromatic nitrogens is 3. The fraction of sp³-hybridized carbons (Fsp3) is 0.323. The predicted molar refractivity (Wildman–Crippen MR) is 153 cm³/mol. The molecule has 4 aromatic rings. The molecule has 3 aromatic heterocycles. The Morgan fingerprint density at radius 1 is 1.00 bits per heavy atom. The zero-order chi connectivity index (χ0) is 28.1. The van der Waals surface area contributed by atoms with E-state index >= 15 is 0 Å². The minimum absolute atomic E-state index is 0.159. The molecular weight excluding hydrogens is 504 g/mol. The number of fused-ring (bicyclic) bond motifs is 2. The van der Waals surface area contributed by atoms with Gasteiger partial charge < -0.3 is 21.9 Å². The number of aliphatic carboxylic acids is 1. The van der Waals surface area contributed by atoms with E-state index in [-0.39, 0.29) is 17.9 Å². The van der Waals surface area contributed by atoms with E-state index in [2.05, 4.69) is 26.3 Å². The highest BCUT2D eigenvalue weighted by Crippen LogP contribution is 2.34. The predicted octanol–water partition coefficient (Wildman–Crippen LogP) is 3.51. The van der Waals surface area contributed by atoms with Crippen LogP contribution in [0, 0.1) is 0 Å². The maximum absolute atomic E-state index is 13.9. The van der Waals surface area contributed by atoms with E-state index in [0.717, 1.165) is 36.2 Å². The fourth-order valence-corrected chi connectivity index (χ4v) is 5.64. The van der Waals surface area contributed by atoms with Crippen LogP contribution in [0.5, 0.6) is 0 Å². The normalized spacial score (nSPS) is 17.1. The first-order valence-corrected chi connectivity index (χ1v) is 13.6. The average molecular weight is 539 g/mol. The number of ketones is 1. The van der Waals surface area contributed by atoms with Gasteiger partial charge in [0.25, 0.3) is 0 Å². The van der Waals surface area contributed by atoms with Crippen molar-refractivity contribution in [2.45, 2.75) is 62.7 Å². The maximum Gasteiger partial charge on any atom is 0.333 e. The number of carboxylic acids is 1. The summed E-state index contributed by atoms with van der Waals surface area (Å²) in [5, 5.41) is 14.1. The first-order chi connectivity index (χ1) is 19.4. The number of rotatable bonds is 11. The number of hydrogen-bond acceptors (Lipinski definition) is 8. The van der Waals surface area contributed by atoms with E-state index in [1.54, 1.807) is 42.9 Å². The fourth-order valence-electron chi connectivity index (χ4n) is 5.64. The molecule has 9 nitrogen and oxygen atoms in total. The van der Waals surface area contributed by atoms with Gasteiger partial charge in [-0.15, -0.1) is 0 Å². The van der Waals surface area contributed by atoms with Crippen molar-refractivity contribution in [2.24, 2.45) is 11.5 Å². The molecule has 0 radical (unpaired) electrons. The summed E-state index contributed by atoms with van der Waals surface area (Å²) in [5.74, 6) is -2.00. The summed E-state index contributed by atoms with van der Waals surface area (Å²) in [4.78, 5) is 39.8. The lowest BCUT2D eigenvalue weighted by atomic mass is 9.77. The number of hydrogen-bond donors (Lipinski definition) is 4. The number of nitrogens with one attached hydrogen (secondary N) is 1. The quantitative estimate of drug-likeness (QED) is 0.166. The van der Waals surface area contributed by atoms with E-state index in [1.807, 2.05) is 24.3 Å². The summed E-state index contributed by atoms with van der Waals surface area (Å²) in [6.07, 6.45) is 9.01. The molecule has 1 aromatic carbocycles. The van der Waals surface area contributed by atoms with Crippen molar-refractivity contribution >= 4 is 22.7 Å². The third-order valence-corrected chi connectivity index (χ3v) is 7.90. The minimum Gasteiger partial charge on any atom is -0.479 e. The van der Waals surface area contributed by atoms with Gasteiger partial charge in [-0.05, 0) is 67.5 Å². The Morgan fingerprint density at radius 2 is 1.80 bits per heavy atom. The Morgan fingerprint density at radius 3 is 2.60 bits per heavy atom. The third kappa shape index (κ3) is 5.49. The molecule has 206 valence electrons. The van der Waals surface area contributed by atoms with Gasteiger partial charge in [-0.2, -0.15) is 0 Å². The highest BCUT2D eigenvalue weighted by atomic mass is 16.4. The van der Waals surface area contributed by atoms with E-state index < -0.39 is 23.3 Å². The average Bonchev–Trinajstić information content (AvgIpc) is 2.99. The molecule has 1 aliphatic rings. The number of aryl methyl sites for hydroxylation is 1. The molecule has 0 saturated heterocycles. The molecule has 0 amide bonds. The van der Waals surface area contributed by atoms with E-state index in [1.165, 1.54) is 5.56 Å². The van der Waals surface area contributed by atoms with Gasteiger partial charge in [0.05, 0.1) is 11.2 Å². The standard InChI is InChI=1S/C31H34N6O3/c32-26(14-12-21-7-3-6-20-8-4-16-36-27(20)21)31(33,30(39)40)29(38)25-13-11-22(28-24(25)10-5-17-37-28)18-34-19-23-9-1-2-15-35-23/h1-2,4-5,8-11,13,15-17,21,26,34H,3,6-7,12,14,18-19,32-33H2,(H,39,40)/t21?,26?,31-/m0/s1. The molecule has 6 N–H and O–H groups in total. The lowest BCUT2D eigenvalue weighted by Crippen LogP contribution is -2.66. The van der Waals surface area contributed by atoms with Crippen molar-refractivity contribution in [1.82, 2.24) is 20.3 Å². The van der Waals surface area contributed by atoms with Gasteiger partial charge in [0, 0.05) is 60.3 Å². The second kappa shape index (κ2) is 12.0. The van der Waals surface area contributed by atoms with Gasteiger partial charge in [0.2, 0.25) is 0 Å². The molecule has 0 saturated carbocycles. The number of nitrogens with zero attached hydrogens (tertiary/aromatic N) is 3.